The molecule has 356 valence electrons. The van der Waals surface area contributed by atoms with Crippen LogP contribution in [0, 0.1) is 19.3 Å². The van der Waals surface area contributed by atoms with Crippen LogP contribution in [0.3, 0.4) is 0 Å². The molecule has 4 aromatic rings. The Labute approximate surface area is 419 Å². The number of carbonyl (C=O) groups excluding carboxylic acids is 1. The smallest absolute Gasteiger partial charge is 0.335 e. The number of carbonyl (C=O) groups is 2. The van der Waals surface area contributed by atoms with Gasteiger partial charge in [-0.25, -0.2) is 4.79 Å². The highest BCUT2D eigenvalue weighted by molar-refractivity contribution is 8.01. The van der Waals surface area contributed by atoms with Gasteiger partial charge in [-0.1, -0.05) is 103 Å². The summed E-state index contributed by atoms with van der Waals surface area (Å²) in [4.78, 5) is 37.8. The third-order valence-electron chi connectivity index (χ3n) is 12.0. The molecular formula is C51H62Cl4N4O5S2. The van der Waals surface area contributed by atoms with Crippen LogP contribution in [-0.4, -0.2) is 81.4 Å². The summed E-state index contributed by atoms with van der Waals surface area (Å²) in [6.45, 7) is 22.1. The average Bonchev–Trinajstić information content (AvgIpc) is 3.85. The third-order valence-corrected chi connectivity index (χ3v) is 16.4. The van der Waals surface area contributed by atoms with Gasteiger partial charge in [-0.2, -0.15) is 23.5 Å². The zero-order chi connectivity index (χ0) is 48.6. The molecule has 3 N–H and O–H groups in total. The van der Waals surface area contributed by atoms with E-state index in [9.17, 15) is 9.59 Å². The lowest BCUT2D eigenvalue weighted by atomic mass is 9.84. The number of carboxylic acid groups (broad SMARTS) is 1. The van der Waals surface area contributed by atoms with Crippen molar-refractivity contribution in [2.24, 2.45) is 21.5 Å². The van der Waals surface area contributed by atoms with Gasteiger partial charge in [0.25, 0.3) is 0 Å². The number of halogens is 4. The third kappa shape index (κ3) is 14.2. The number of hydrogen-bond donors (Lipinski definition) is 2. The van der Waals surface area contributed by atoms with Crippen LogP contribution in [0.5, 0.6) is 0 Å². The Balaban J connectivity index is 0.000000197. The van der Waals surface area contributed by atoms with Gasteiger partial charge in [0.15, 0.2) is 17.0 Å². The van der Waals surface area contributed by atoms with E-state index in [1.165, 1.54) is 19.6 Å². The zero-order valence-electron chi connectivity index (χ0n) is 39.3. The number of hydrogen-bond acceptors (Lipinski definition) is 10. The van der Waals surface area contributed by atoms with Crippen LogP contribution < -0.4 is 5.73 Å². The van der Waals surface area contributed by atoms with Crippen LogP contribution in [0.1, 0.15) is 122 Å². The van der Waals surface area contributed by atoms with Gasteiger partial charge in [-0.15, -0.1) is 0 Å². The number of aromatic carboxylic acids is 1. The standard InChI is InChI=1S/C23H23Cl2NO2S.C18H15Cl2NO3.C6H15N.C4H9NS/c1-14-6-15(4-5-19(14)21(27)11-22(2)12-29-13-22)20-10-23(3,28-26-20)16-7-17(24)9-18(25)8-16;1-10-5-11(3-4-15(10)17(22)23)16-9-18(2,24-21-16)12-6-13(19)8-14(20)7-12;1-4-7(5-2)6-3;1-4(5)2-6-3-4/h4-9H,10-13H2,1-3H3;3-8H,9H2,1-2H3,(H,22,23);4-6H2,1-3H3;2-3,5H2,1H3. The molecule has 0 amide bonds. The number of nitrogens with two attached hydrogens (primary N) is 1. The molecule has 4 heterocycles. The van der Waals surface area contributed by atoms with Gasteiger partial charge in [0.1, 0.15) is 0 Å². The maximum atomic E-state index is 12.8. The second kappa shape index (κ2) is 22.9. The van der Waals surface area contributed by atoms with Gasteiger partial charge in [-0.05, 0) is 148 Å². The van der Waals surface area contributed by atoms with E-state index < -0.39 is 17.2 Å². The first-order valence-electron chi connectivity index (χ1n) is 22.1. The number of nitrogens with zero attached hydrogens (tertiary/aromatic N) is 3. The van der Waals surface area contributed by atoms with Gasteiger partial charge < -0.3 is 25.4 Å². The zero-order valence-corrected chi connectivity index (χ0v) is 44.0. The Morgan fingerprint density at radius 2 is 1.03 bits per heavy atom. The Bertz CT molecular complexity index is 2410. The van der Waals surface area contributed by atoms with E-state index in [4.69, 9.17) is 66.9 Å². The first-order chi connectivity index (χ1) is 31.0. The first kappa shape index (κ1) is 53.7. The normalized spacial score (nSPS) is 20.8. The van der Waals surface area contributed by atoms with Crippen molar-refractivity contribution in [2.75, 3.05) is 42.6 Å². The van der Waals surface area contributed by atoms with Crippen LogP contribution in [-0.2, 0) is 20.9 Å². The van der Waals surface area contributed by atoms with Crippen LogP contribution in [0.15, 0.2) is 83.1 Å². The number of carboxylic acids is 1. The van der Waals surface area contributed by atoms with Crippen LogP contribution in [0.2, 0.25) is 20.1 Å². The number of oxime groups is 2. The molecule has 4 aliphatic rings. The molecule has 0 saturated carbocycles. The topological polar surface area (TPSA) is 127 Å². The van der Waals surface area contributed by atoms with Crippen molar-refractivity contribution in [2.45, 2.75) is 98.3 Å². The van der Waals surface area contributed by atoms with Crippen LogP contribution >= 0.6 is 69.9 Å². The van der Waals surface area contributed by atoms with E-state index in [1.807, 2.05) is 92.8 Å². The number of benzene rings is 4. The van der Waals surface area contributed by atoms with Crippen molar-refractivity contribution >= 4 is 93.1 Å². The molecule has 0 aromatic heterocycles. The number of aryl methyl sites for hydroxylation is 2. The SMILES string of the molecule is CC1(N)CSC1.CCN(CC)CC.Cc1cc(C2=NOC(C)(c3cc(Cl)cc(Cl)c3)C2)ccc1C(=O)CC1(C)CSC1.Cc1cc(C2=NOC(C)(c3cc(Cl)cc(Cl)c3)C2)ccc1C(=O)O. The van der Waals surface area contributed by atoms with Crippen molar-refractivity contribution in [3.05, 3.63) is 137 Å². The second-order valence-corrected chi connectivity index (χ2v) is 22.1. The number of rotatable bonds is 11. The maximum Gasteiger partial charge on any atom is 0.335 e. The van der Waals surface area contributed by atoms with E-state index in [0.717, 1.165) is 67.8 Å². The van der Waals surface area contributed by atoms with E-state index in [1.54, 1.807) is 31.2 Å². The summed E-state index contributed by atoms with van der Waals surface area (Å²) in [6, 6.07) is 21.8. The summed E-state index contributed by atoms with van der Waals surface area (Å²) in [5.41, 5.74) is 12.6. The van der Waals surface area contributed by atoms with Crippen molar-refractivity contribution in [1.82, 2.24) is 4.90 Å². The summed E-state index contributed by atoms with van der Waals surface area (Å²) in [6.07, 6.45) is 1.75. The monoisotopic (exact) mass is 1010 g/mol. The number of thioether (sulfide) groups is 2. The summed E-state index contributed by atoms with van der Waals surface area (Å²) in [7, 11) is 0. The minimum Gasteiger partial charge on any atom is -0.478 e. The van der Waals surface area contributed by atoms with Crippen LogP contribution in [0.25, 0.3) is 0 Å². The van der Waals surface area contributed by atoms with E-state index in [2.05, 4.69) is 49.8 Å². The Hall–Kier alpha value is -3.26. The van der Waals surface area contributed by atoms with E-state index >= 15 is 0 Å². The van der Waals surface area contributed by atoms with Crippen molar-refractivity contribution in [3.8, 4) is 0 Å². The average molecular weight is 1020 g/mol. The molecule has 2 fully saturated rings. The fraction of sp³-hybridized carbons (Fsp3) is 0.451. The summed E-state index contributed by atoms with van der Waals surface area (Å²) < 4.78 is 0. The van der Waals surface area contributed by atoms with Crippen LogP contribution in [0.4, 0.5) is 0 Å². The molecule has 8 rings (SSSR count). The molecular weight excluding hydrogens is 955 g/mol. The lowest BCUT2D eigenvalue weighted by Gasteiger charge is -2.37. The minimum absolute atomic E-state index is 0.149. The predicted octanol–water partition coefficient (Wildman–Crippen LogP) is 13.5. The fourth-order valence-corrected chi connectivity index (χ4v) is 10.8. The molecule has 9 nitrogen and oxygen atoms in total. The lowest BCUT2D eigenvalue weighted by Crippen LogP contribution is -2.48. The fourth-order valence-electron chi connectivity index (χ4n) is 7.79. The molecule has 0 bridgehead atoms. The summed E-state index contributed by atoms with van der Waals surface area (Å²) in [5.74, 6) is 3.70. The molecule has 66 heavy (non-hydrogen) atoms. The first-order valence-corrected chi connectivity index (χ1v) is 25.9. The van der Waals surface area contributed by atoms with Gasteiger partial charge in [0.2, 0.25) is 0 Å². The molecule has 0 spiro atoms. The lowest BCUT2D eigenvalue weighted by molar-refractivity contribution is -0.00755. The van der Waals surface area contributed by atoms with Crippen molar-refractivity contribution in [3.63, 3.8) is 0 Å². The minimum atomic E-state index is -0.943. The molecule has 0 radical (unpaired) electrons. The van der Waals surface area contributed by atoms with Gasteiger partial charge in [-0.3, -0.25) is 4.79 Å². The van der Waals surface area contributed by atoms with Crippen molar-refractivity contribution < 1.29 is 24.4 Å². The molecule has 4 aromatic carbocycles. The Kier molecular flexibility index (Phi) is 18.6. The van der Waals surface area contributed by atoms with Gasteiger partial charge >= 0.3 is 5.97 Å². The molecule has 4 aliphatic heterocycles. The second-order valence-electron chi connectivity index (χ2n) is 18.4. The Morgan fingerprint density at radius 3 is 1.32 bits per heavy atom. The van der Waals surface area contributed by atoms with Gasteiger partial charge in [0, 0.05) is 73.1 Å². The molecule has 2 unspecified atom stereocenters. The largest absolute Gasteiger partial charge is 0.478 e. The van der Waals surface area contributed by atoms with Crippen molar-refractivity contribution in [1.29, 1.82) is 0 Å². The predicted molar refractivity (Wildman–Crippen MR) is 279 cm³/mol. The highest BCUT2D eigenvalue weighted by atomic mass is 35.5. The molecule has 2 saturated heterocycles. The number of Topliss-reactive ketones (excluding diaryl/α,β-unsaturated/α-hetero) is 1. The van der Waals surface area contributed by atoms with E-state index in [-0.39, 0.29) is 22.3 Å². The van der Waals surface area contributed by atoms with E-state index in [0.29, 0.717) is 44.9 Å². The quantitative estimate of drug-likeness (QED) is 0.141. The maximum absolute atomic E-state index is 12.8. The Morgan fingerprint density at radius 1 is 0.652 bits per heavy atom. The summed E-state index contributed by atoms with van der Waals surface area (Å²) >= 11 is 28.3. The number of ketones is 1. The molecule has 0 aliphatic carbocycles. The molecule has 15 heteroatoms. The highest BCUT2D eigenvalue weighted by Gasteiger charge is 2.39. The summed E-state index contributed by atoms with van der Waals surface area (Å²) in [5, 5.41) is 19.9. The highest BCUT2D eigenvalue weighted by Crippen LogP contribution is 2.42. The van der Waals surface area contributed by atoms with Gasteiger partial charge in [0.05, 0.1) is 17.0 Å². The molecule has 2 atom stereocenters.